The molecule has 0 amide bonds. The third-order valence-electron chi connectivity index (χ3n) is 3.63. The van der Waals surface area contributed by atoms with E-state index in [9.17, 15) is 0 Å². The van der Waals surface area contributed by atoms with Gasteiger partial charge in [-0.15, -0.1) is 10.2 Å². The van der Waals surface area contributed by atoms with Crippen molar-refractivity contribution >= 4 is 16.5 Å². The summed E-state index contributed by atoms with van der Waals surface area (Å²) in [7, 11) is 0. The topological polar surface area (TPSA) is 67.9 Å². The molecule has 0 N–H and O–H groups in total. The first-order valence-electron chi connectivity index (χ1n) is 7.49. The molecule has 114 valence electrons. The fourth-order valence-corrected chi connectivity index (χ4v) is 3.37. The highest BCUT2D eigenvalue weighted by Gasteiger charge is 2.27. The molecule has 0 spiro atoms. The maximum Gasteiger partial charge on any atom is 0.231 e. The molecule has 0 unspecified atom stereocenters. The molecule has 0 bridgehead atoms. The Labute approximate surface area is 128 Å². The zero-order valence-corrected chi connectivity index (χ0v) is 13.6. The number of hydrogen-bond donors (Lipinski definition) is 0. The summed E-state index contributed by atoms with van der Waals surface area (Å²) >= 11 is 1.64. The second-order valence-corrected chi connectivity index (χ2v) is 7.20. The number of aromatic nitrogens is 4. The maximum atomic E-state index is 5.47. The van der Waals surface area contributed by atoms with E-state index >= 15 is 0 Å². The number of aryl methyl sites for hydroxylation is 1. The first kappa shape index (κ1) is 14.4. The van der Waals surface area contributed by atoms with Gasteiger partial charge in [0.15, 0.2) is 5.82 Å². The van der Waals surface area contributed by atoms with E-state index in [1.807, 2.05) is 6.92 Å². The third kappa shape index (κ3) is 3.40. The van der Waals surface area contributed by atoms with E-state index in [2.05, 4.69) is 39.1 Å². The van der Waals surface area contributed by atoms with Gasteiger partial charge in [-0.3, -0.25) is 0 Å². The molecule has 1 aliphatic heterocycles. The van der Waals surface area contributed by atoms with Crippen LogP contribution in [0.1, 0.15) is 49.3 Å². The van der Waals surface area contributed by atoms with Gasteiger partial charge in [-0.05, 0) is 25.7 Å². The van der Waals surface area contributed by atoms with Gasteiger partial charge in [0.05, 0.1) is 5.92 Å². The van der Waals surface area contributed by atoms with Crippen molar-refractivity contribution in [1.82, 2.24) is 20.3 Å². The monoisotopic (exact) mass is 307 g/mol. The minimum Gasteiger partial charge on any atom is -0.346 e. The molecule has 6 nitrogen and oxygen atoms in total. The fraction of sp³-hybridized carbons (Fsp3) is 0.714. The minimum atomic E-state index is 0.302. The Bertz CT molecular complexity index is 594. The Kier molecular flexibility index (Phi) is 4.19. The number of rotatable bonds is 4. The summed E-state index contributed by atoms with van der Waals surface area (Å²) in [5, 5.41) is 14.4. The Morgan fingerprint density at radius 3 is 2.95 bits per heavy atom. The lowest BCUT2D eigenvalue weighted by Gasteiger charge is -2.30. The van der Waals surface area contributed by atoms with Crippen LogP contribution in [0.2, 0.25) is 0 Å². The SMILES string of the molecule is Cc1nnc(N2CCC[C@H](c3nc(CC(C)C)no3)C2)s1. The second-order valence-electron chi connectivity index (χ2n) is 6.04. The molecule has 21 heavy (non-hydrogen) atoms. The molecule has 3 rings (SSSR count). The van der Waals surface area contributed by atoms with Gasteiger partial charge in [-0.2, -0.15) is 4.98 Å². The Hall–Kier alpha value is -1.50. The van der Waals surface area contributed by atoms with Crippen LogP contribution < -0.4 is 4.90 Å². The van der Waals surface area contributed by atoms with Crippen LogP contribution in [-0.4, -0.2) is 33.4 Å². The van der Waals surface area contributed by atoms with E-state index in [1.165, 1.54) is 0 Å². The zero-order chi connectivity index (χ0) is 14.8. The van der Waals surface area contributed by atoms with Crippen LogP contribution in [0.5, 0.6) is 0 Å². The summed E-state index contributed by atoms with van der Waals surface area (Å²) in [6.07, 6.45) is 3.08. The van der Waals surface area contributed by atoms with Gasteiger partial charge in [0.1, 0.15) is 5.01 Å². The lowest BCUT2D eigenvalue weighted by Crippen LogP contribution is -2.34. The van der Waals surface area contributed by atoms with Crippen molar-refractivity contribution < 1.29 is 4.52 Å². The quantitative estimate of drug-likeness (QED) is 0.865. The highest BCUT2D eigenvalue weighted by Crippen LogP contribution is 2.30. The van der Waals surface area contributed by atoms with E-state index in [0.29, 0.717) is 11.8 Å². The first-order chi connectivity index (χ1) is 10.1. The average molecular weight is 307 g/mol. The van der Waals surface area contributed by atoms with E-state index < -0.39 is 0 Å². The summed E-state index contributed by atoms with van der Waals surface area (Å²) in [5.41, 5.74) is 0. The van der Waals surface area contributed by atoms with Crippen LogP contribution in [0.3, 0.4) is 0 Å². The van der Waals surface area contributed by atoms with Crippen LogP contribution in [-0.2, 0) is 6.42 Å². The molecule has 3 heterocycles. The smallest absolute Gasteiger partial charge is 0.231 e. The molecule has 1 atom stereocenters. The van der Waals surface area contributed by atoms with Gasteiger partial charge in [0, 0.05) is 19.5 Å². The van der Waals surface area contributed by atoms with Crippen LogP contribution >= 0.6 is 11.3 Å². The van der Waals surface area contributed by atoms with E-state index in [1.54, 1.807) is 11.3 Å². The second kappa shape index (κ2) is 6.09. The lowest BCUT2D eigenvalue weighted by atomic mass is 9.98. The van der Waals surface area contributed by atoms with E-state index in [-0.39, 0.29) is 0 Å². The number of piperidine rings is 1. The summed E-state index contributed by atoms with van der Waals surface area (Å²) in [6.45, 7) is 8.22. The molecule has 2 aromatic rings. The number of nitrogens with zero attached hydrogens (tertiary/aromatic N) is 5. The van der Waals surface area contributed by atoms with Gasteiger partial charge in [-0.1, -0.05) is 30.3 Å². The molecule has 1 aliphatic rings. The number of hydrogen-bond acceptors (Lipinski definition) is 7. The molecule has 1 fully saturated rings. The van der Waals surface area contributed by atoms with Crippen LogP contribution in [0, 0.1) is 12.8 Å². The van der Waals surface area contributed by atoms with Crippen molar-refractivity contribution in [2.24, 2.45) is 5.92 Å². The van der Waals surface area contributed by atoms with Crippen molar-refractivity contribution in [2.45, 2.75) is 46.0 Å². The minimum absolute atomic E-state index is 0.302. The summed E-state index contributed by atoms with van der Waals surface area (Å²) in [4.78, 5) is 6.85. The molecule has 0 saturated carbocycles. The van der Waals surface area contributed by atoms with Crippen LogP contribution in [0.25, 0.3) is 0 Å². The average Bonchev–Trinajstić information content (AvgIpc) is 3.07. The van der Waals surface area contributed by atoms with Gasteiger partial charge in [-0.25, -0.2) is 0 Å². The Morgan fingerprint density at radius 1 is 1.38 bits per heavy atom. The van der Waals surface area contributed by atoms with Crippen LogP contribution in [0.4, 0.5) is 5.13 Å². The highest BCUT2D eigenvalue weighted by molar-refractivity contribution is 7.15. The molecule has 1 saturated heterocycles. The molecule has 0 aromatic carbocycles. The predicted octanol–water partition coefficient (Wildman–Crippen LogP) is 2.81. The Balaban J connectivity index is 1.69. The van der Waals surface area contributed by atoms with Gasteiger partial charge in [0.2, 0.25) is 11.0 Å². The molecular weight excluding hydrogens is 286 g/mol. The highest BCUT2D eigenvalue weighted by atomic mass is 32.1. The van der Waals surface area contributed by atoms with Gasteiger partial charge < -0.3 is 9.42 Å². The first-order valence-corrected chi connectivity index (χ1v) is 8.31. The largest absolute Gasteiger partial charge is 0.346 e. The lowest BCUT2D eigenvalue weighted by molar-refractivity contribution is 0.329. The van der Waals surface area contributed by atoms with E-state index in [0.717, 1.165) is 54.2 Å². The van der Waals surface area contributed by atoms with Gasteiger partial charge in [0.25, 0.3) is 0 Å². The van der Waals surface area contributed by atoms with Crippen molar-refractivity contribution in [1.29, 1.82) is 0 Å². The summed E-state index contributed by atoms with van der Waals surface area (Å²) in [5.74, 6) is 2.44. The molecular formula is C14H21N5OS. The zero-order valence-electron chi connectivity index (χ0n) is 12.7. The van der Waals surface area contributed by atoms with Crippen molar-refractivity contribution in [3.8, 4) is 0 Å². The third-order valence-corrected chi connectivity index (χ3v) is 4.53. The molecule has 2 aromatic heterocycles. The molecule has 7 heteroatoms. The predicted molar refractivity (Wildman–Crippen MR) is 81.7 cm³/mol. The Morgan fingerprint density at radius 2 is 2.24 bits per heavy atom. The number of anilines is 1. The standard InChI is InChI=1S/C14H21N5OS/c1-9(2)7-12-15-13(20-18-12)11-5-4-6-19(8-11)14-17-16-10(3)21-14/h9,11H,4-8H2,1-3H3/t11-/m0/s1. The summed E-state index contributed by atoms with van der Waals surface area (Å²) < 4.78 is 5.47. The van der Waals surface area contributed by atoms with Crippen molar-refractivity contribution in [3.05, 3.63) is 16.7 Å². The summed E-state index contributed by atoms with van der Waals surface area (Å²) in [6, 6.07) is 0. The van der Waals surface area contributed by atoms with Crippen LogP contribution in [0.15, 0.2) is 4.52 Å². The van der Waals surface area contributed by atoms with Crippen molar-refractivity contribution in [3.63, 3.8) is 0 Å². The maximum absolute atomic E-state index is 5.47. The van der Waals surface area contributed by atoms with Crippen molar-refractivity contribution in [2.75, 3.05) is 18.0 Å². The molecule has 0 radical (unpaired) electrons. The van der Waals surface area contributed by atoms with Gasteiger partial charge >= 0.3 is 0 Å². The van der Waals surface area contributed by atoms with E-state index in [4.69, 9.17) is 4.52 Å². The normalized spacial score (nSPS) is 19.4. The fourth-order valence-electron chi connectivity index (χ4n) is 2.65. The molecule has 0 aliphatic carbocycles.